The molecule has 2 heterocycles. The van der Waals surface area contributed by atoms with Crippen LogP contribution >= 0.6 is 0 Å². The molecule has 0 bridgehead atoms. The van der Waals surface area contributed by atoms with Gasteiger partial charge in [-0.3, -0.25) is 23.7 Å². The maximum Gasteiger partial charge on any atom is 0.354 e. The van der Waals surface area contributed by atoms with E-state index in [1.54, 1.807) is 30.3 Å². The molecule has 13 nitrogen and oxygen atoms in total. The van der Waals surface area contributed by atoms with Crippen LogP contribution in [-0.4, -0.2) is 52.2 Å². The number of rotatable bonds is 8. The Labute approximate surface area is 191 Å². The lowest BCUT2D eigenvalue weighted by molar-refractivity contribution is -0.141. The zero-order valence-corrected chi connectivity index (χ0v) is 18.1. The Balaban J connectivity index is 1.96. The lowest BCUT2D eigenvalue weighted by Crippen LogP contribution is -2.46. The van der Waals surface area contributed by atoms with Gasteiger partial charge >= 0.3 is 17.6 Å². The average Bonchev–Trinajstić information content (AvgIpc) is 2.84. The molecule has 178 valence electrons. The minimum absolute atomic E-state index is 0.0227. The molecule has 2 aromatic rings. The number of anilines is 1. The number of methoxy groups -OCH3 is 1. The number of Topliss-reactive ketones (excluding diaryl/α,β-unsaturated/α-hetero) is 1. The van der Waals surface area contributed by atoms with E-state index in [2.05, 4.69) is 15.3 Å². The zero-order valence-electron chi connectivity index (χ0n) is 18.1. The van der Waals surface area contributed by atoms with Gasteiger partial charge in [0.1, 0.15) is 23.6 Å². The Hall–Kier alpha value is -4.55. The molecule has 3 N–H and O–H groups in total. The number of hydrogen-bond donors (Lipinski definition) is 2. The van der Waals surface area contributed by atoms with Crippen molar-refractivity contribution in [2.45, 2.75) is 25.9 Å². The molecule has 0 fully saturated rings. The summed E-state index contributed by atoms with van der Waals surface area (Å²) in [7, 11) is 1.08. The molecule has 0 unspecified atom stereocenters. The first kappa shape index (κ1) is 24.1. The number of nitrogens with one attached hydrogen (secondary N) is 1. The summed E-state index contributed by atoms with van der Waals surface area (Å²) in [4.78, 5) is 73.7. The minimum atomic E-state index is -1.12. The number of nitrogens with two attached hydrogens (primary N) is 1. The highest BCUT2D eigenvalue weighted by atomic mass is 16.5. The summed E-state index contributed by atoms with van der Waals surface area (Å²) in [5.74, 6) is -3.65. The van der Waals surface area contributed by atoms with Crippen molar-refractivity contribution < 1.29 is 28.7 Å². The van der Waals surface area contributed by atoms with E-state index in [9.17, 15) is 28.8 Å². The van der Waals surface area contributed by atoms with Crippen LogP contribution in [0.15, 0.2) is 45.0 Å². The molecule has 3 rings (SSSR count). The van der Waals surface area contributed by atoms with Gasteiger partial charge in [0.2, 0.25) is 11.7 Å². The maximum atomic E-state index is 12.9. The number of nitrogen functional groups attached to an aromatic ring is 1. The van der Waals surface area contributed by atoms with Crippen molar-refractivity contribution in [2.24, 2.45) is 5.10 Å². The number of hydrazone groups is 1. The molecule has 0 aliphatic carbocycles. The molecule has 0 saturated carbocycles. The van der Waals surface area contributed by atoms with E-state index in [1.165, 1.54) is 0 Å². The first-order chi connectivity index (χ1) is 16.2. The van der Waals surface area contributed by atoms with Crippen LogP contribution < -0.4 is 22.4 Å². The summed E-state index contributed by atoms with van der Waals surface area (Å²) in [5, 5.41) is 3.57. The molecule has 1 amide bonds. The van der Waals surface area contributed by atoms with E-state index in [4.69, 9.17) is 10.5 Å². The van der Waals surface area contributed by atoms with Crippen LogP contribution in [0.1, 0.15) is 28.8 Å². The fourth-order valence-electron chi connectivity index (χ4n) is 3.14. The molecule has 0 radical (unpaired) electrons. The summed E-state index contributed by atoms with van der Waals surface area (Å²) in [5.41, 5.74) is 6.04. The molecule has 1 aliphatic rings. The summed E-state index contributed by atoms with van der Waals surface area (Å²) in [6, 6.07) is 8.62. The molecular formula is C21H21N5O8. The van der Waals surface area contributed by atoms with E-state index in [1.807, 2.05) is 0 Å². The topological polar surface area (TPSA) is 181 Å². The third kappa shape index (κ3) is 5.26. The van der Waals surface area contributed by atoms with E-state index >= 15 is 0 Å². The van der Waals surface area contributed by atoms with Crippen molar-refractivity contribution in [3.05, 3.63) is 62.3 Å². The quantitative estimate of drug-likeness (QED) is 0.353. The van der Waals surface area contributed by atoms with E-state index in [0.29, 0.717) is 10.1 Å². The second kappa shape index (κ2) is 10.4. The molecule has 0 saturated heterocycles. The van der Waals surface area contributed by atoms with E-state index in [-0.39, 0.29) is 31.0 Å². The van der Waals surface area contributed by atoms with Gasteiger partial charge < -0.3 is 15.2 Å². The molecule has 1 aromatic carbocycles. The highest BCUT2D eigenvalue weighted by molar-refractivity contribution is 6.37. The largest absolute Gasteiger partial charge is 0.468 e. The highest BCUT2D eigenvalue weighted by Crippen LogP contribution is 2.10. The van der Waals surface area contributed by atoms with Gasteiger partial charge in [-0.05, 0) is 5.56 Å². The Morgan fingerprint density at radius 2 is 1.79 bits per heavy atom. The van der Waals surface area contributed by atoms with Gasteiger partial charge in [-0.2, -0.15) is 5.10 Å². The monoisotopic (exact) mass is 471 g/mol. The third-order valence-corrected chi connectivity index (χ3v) is 4.92. The van der Waals surface area contributed by atoms with Gasteiger partial charge in [0.05, 0.1) is 13.7 Å². The number of ether oxygens (including phenoxy) is 2. The van der Waals surface area contributed by atoms with Crippen LogP contribution in [0.2, 0.25) is 0 Å². The third-order valence-electron chi connectivity index (χ3n) is 4.92. The van der Waals surface area contributed by atoms with Crippen LogP contribution in [0.5, 0.6) is 0 Å². The van der Waals surface area contributed by atoms with Gasteiger partial charge in [-0.1, -0.05) is 30.3 Å². The zero-order chi connectivity index (χ0) is 24.8. The summed E-state index contributed by atoms with van der Waals surface area (Å²) in [6.07, 6.45) is 0.0480. The molecule has 13 heteroatoms. The van der Waals surface area contributed by atoms with Crippen molar-refractivity contribution in [1.29, 1.82) is 0 Å². The van der Waals surface area contributed by atoms with Crippen LogP contribution in [0, 0.1) is 0 Å². The van der Waals surface area contributed by atoms with Gasteiger partial charge in [0.15, 0.2) is 6.61 Å². The number of aromatic nitrogens is 2. The molecule has 1 aromatic heterocycles. The number of benzene rings is 1. The van der Waals surface area contributed by atoms with E-state index in [0.717, 1.165) is 11.7 Å². The maximum absolute atomic E-state index is 12.9. The molecule has 34 heavy (non-hydrogen) atoms. The standard InChI is InChI=1S/C21H21N5O8/c1-33-16(29)10-26-19(30)17(14(27)11-34-20(31)13-7-8-15(28)24-23-13)18(22)25(21(26)32)9-12-5-3-2-4-6-12/h2-6H,7-11,22H2,1H3,(H,24,28). The van der Waals surface area contributed by atoms with Gasteiger partial charge in [0, 0.05) is 12.8 Å². The fraction of sp³-hybridized carbons (Fsp3) is 0.286. The second-order valence-electron chi connectivity index (χ2n) is 7.17. The highest BCUT2D eigenvalue weighted by Gasteiger charge is 2.26. The molecule has 0 spiro atoms. The average molecular weight is 471 g/mol. The van der Waals surface area contributed by atoms with Crippen molar-refractivity contribution in [2.75, 3.05) is 19.5 Å². The molecule has 0 atom stereocenters. The number of amides is 1. The molecule has 1 aliphatic heterocycles. The van der Waals surface area contributed by atoms with Crippen LogP contribution in [0.4, 0.5) is 5.82 Å². The van der Waals surface area contributed by atoms with Gasteiger partial charge in [-0.25, -0.2) is 19.6 Å². The lowest BCUT2D eigenvalue weighted by atomic mass is 10.1. The number of esters is 2. The number of hydrogen-bond acceptors (Lipinski definition) is 10. The SMILES string of the molecule is COC(=O)Cn1c(=O)c(C(=O)COC(=O)C2=NNC(=O)CC2)c(N)n(Cc2ccccc2)c1=O. The minimum Gasteiger partial charge on any atom is -0.468 e. The fourth-order valence-corrected chi connectivity index (χ4v) is 3.14. The van der Waals surface area contributed by atoms with E-state index < -0.39 is 53.5 Å². The smallest absolute Gasteiger partial charge is 0.354 e. The number of carbonyl (C=O) groups excluding carboxylic acids is 4. The van der Waals surface area contributed by atoms with Crippen molar-refractivity contribution in [3.8, 4) is 0 Å². The van der Waals surface area contributed by atoms with Crippen molar-refractivity contribution >= 4 is 35.2 Å². The van der Waals surface area contributed by atoms with Gasteiger partial charge in [0.25, 0.3) is 5.56 Å². The normalized spacial score (nSPS) is 13.0. The van der Waals surface area contributed by atoms with Crippen LogP contribution in [0.25, 0.3) is 0 Å². The number of ketones is 1. The number of carbonyl (C=O) groups is 4. The Morgan fingerprint density at radius 1 is 1.09 bits per heavy atom. The predicted molar refractivity (Wildman–Crippen MR) is 117 cm³/mol. The Morgan fingerprint density at radius 3 is 2.41 bits per heavy atom. The van der Waals surface area contributed by atoms with Crippen LogP contribution in [-0.2, 0) is 36.9 Å². The summed E-state index contributed by atoms with van der Waals surface area (Å²) >= 11 is 0. The number of nitrogens with zero attached hydrogens (tertiary/aromatic N) is 3. The second-order valence-corrected chi connectivity index (χ2v) is 7.17. The Kier molecular flexibility index (Phi) is 7.36. The van der Waals surface area contributed by atoms with Crippen LogP contribution in [0.3, 0.4) is 0 Å². The predicted octanol–water partition coefficient (Wildman–Crippen LogP) is -1.19. The first-order valence-corrected chi connectivity index (χ1v) is 10.0. The van der Waals surface area contributed by atoms with Gasteiger partial charge in [-0.15, -0.1) is 0 Å². The summed E-state index contributed by atoms with van der Waals surface area (Å²) < 4.78 is 10.9. The summed E-state index contributed by atoms with van der Waals surface area (Å²) in [6.45, 7) is -1.73. The van der Waals surface area contributed by atoms with Crippen molar-refractivity contribution in [3.63, 3.8) is 0 Å². The first-order valence-electron chi connectivity index (χ1n) is 10.0. The van der Waals surface area contributed by atoms with Crippen molar-refractivity contribution in [1.82, 2.24) is 14.6 Å². The molecular weight excluding hydrogens is 450 g/mol. The Bertz CT molecular complexity index is 1290. The lowest BCUT2D eigenvalue weighted by Gasteiger charge is -2.16.